The monoisotopic (exact) mass is 250 g/mol. The molecule has 3 rings (SSSR count). The fourth-order valence-corrected chi connectivity index (χ4v) is 2.63. The quantitative estimate of drug-likeness (QED) is 0.740. The molecule has 0 aliphatic rings. The molecule has 96 valence electrons. The second kappa shape index (κ2) is 4.81. The molecule has 0 radical (unpaired) electrons. The Morgan fingerprint density at radius 3 is 2.37 bits per heavy atom. The van der Waals surface area contributed by atoms with Crippen LogP contribution in [-0.2, 0) is 13.6 Å². The van der Waals surface area contributed by atoms with Crippen LogP contribution >= 0.6 is 0 Å². The van der Waals surface area contributed by atoms with Gasteiger partial charge in [0.05, 0.1) is 6.54 Å². The van der Waals surface area contributed by atoms with Crippen LogP contribution in [0.15, 0.2) is 54.6 Å². The van der Waals surface area contributed by atoms with Gasteiger partial charge in [-0.1, -0.05) is 36.4 Å². The van der Waals surface area contributed by atoms with Gasteiger partial charge in [-0.25, -0.2) is 0 Å². The summed E-state index contributed by atoms with van der Waals surface area (Å²) in [4.78, 5) is 0. The lowest BCUT2D eigenvalue weighted by molar-refractivity contribution is 0.862. The zero-order valence-electron chi connectivity index (χ0n) is 11.4. The molecule has 0 saturated carbocycles. The van der Waals surface area contributed by atoms with Crippen molar-refractivity contribution in [1.82, 2.24) is 4.57 Å². The highest BCUT2D eigenvalue weighted by atomic mass is 15.0. The minimum Gasteiger partial charge on any atom is -0.379 e. The van der Waals surface area contributed by atoms with Crippen LogP contribution < -0.4 is 5.32 Å². The van der Waals surface area contributed by atoms with E-state index in [4.69, 9.17) is 0 Å². The van der Waals surface area contributed by atoms with Gasteiger partial charge in [0.25, 0.3) is 0 Å². The van der Waals surface area contributed by atoms with Crippen molar-refractivity contribution in [3.63, 3.8) is 0 Å². The van der Waals surface area contributed by atoms with Crippen molar-refractivity contribution in [2.75, 3.05) is 5.32 Å². The van der Waals surface area contributed by atoms with Gasteiger partial charge < -0.3 is 9.88 Å². The lowest BCUT2D eigenvalue weighted by atomic mass is 10.1. The van der Waals surface area contributed by atoms with Gasteiger partial charge in [0.15, 0.2) is 0 Å². The number of hydrogen-bond donors (Lipinski definition) is 1. The van der Waals surface area contributed by atoms with E-state index < -0.39 is 0 Å². The Hall–Kier alpha value is -2.22. The van der Waals surface area contributed by atoms with E-state index in [1.165, 1.54) is 22.2 Å². The first-order chi connectivity index (χ1) is 9.27. The highest BCUT2D eigenvalue weighted by Gasteiger charge is 2.10. The zero-order valence-corrected chi connectivity index (χ0v) is 11.4. The molecule has 0 unspecified atom stereocenters. The van der Waals surface area contributed by atoms with E-state index in [9.17, 15) is 0 Å². The van der Waals surface area contributed by atoms with Gasteiger partial charge in [-0.2, -0.15) is 0 Å². The molecule has 0 spiro atoms. The average molecular weight is 250 g/mol. The first-order valence-electron chi connectivity index (χ1n) is 6.59. The fraction of sp³-hybridized carbons (Fsp3) is 0.176. The van der Waals surface area contributed by atoms with Crippen LogP contribution in [0.2, 0.25) is 0 Å². The van der Waals surface area contributed by atoms with Crippen molar-refractivity contribution in [3.8, 4) is 0 Å². The van der Waals surface area contributed by atoms with E-state index in [-0.39, 0.29) is 0 Å². The third-order valence-electron chi connectivity index (χ3n) is 3.74. The van der Waals surface area contributed by atoms with E-state index in [2.05, 4.69) is 72.4 Å². The van der Waals surface area contributed by atoms with Gasteiger partial charge in [0.2, 0.25) is 0 Å². The van der Waals surface area contributed by atoms with Crippen LogP contribution in [0.3, 0.4) is 0 Å². The Kier molecular flexibility index (Phi) is 3.00. The predicted octanol–water partition coefficient (Wildman–Crippen LogP) is 4.10. The largest absolute Gasteiger partial charge is 0.379 e. The average Bonchev–Trinajstić information content (AvgIpc) is 2.71. The molecule has 0 atom stereocenters. The molecule has 2 aromatic carbocycles. The van der Waals surface area contributed by atoms with Crippen LogP contribution in [-0.4, -0.2) is 4.57 Å². The van der Waals surface area contributed by atoms with Crippen LogP contribution in [0.4, 0.5) is 5.69 Å². The van der Waals surface area contributed by atoms with Gasteiger partial charge in [-0.3, -0.25) is 0 Å². The van der Waals surface area contributed by atoms with Gasteiger partial charge >= 0.3 is 0 Å². The number of aromatic nitrogens is 1. The molecule has 19 heavy (non-hydrogen) atoms. The minimum absolute atomic E-state index is 0.848. The van der Waals surface area contributed by atoms with Gasteiger partial charge in [-0.15, -0.1) is 0 Å². The van der Waals surface area contributed by atoms with E-state index in [1.54, 1.807) is 0 Å². The Labute approximate surface area is 113 Å². The summed E-state index contributed by atoms with van der Waals surface area (Å²) >= 11 is 0. The Bertz CT molecular complexity index is 657. The van der Waals surface area contributed by atoms with Crippen molar-refractivity contribution in [1.29, 1.82) is 0 Å². The van der Waals surface area contributed by atoms with Crippen LogP contribution in [0, 0.1) is 6.92 Å². The lowest BCUT2D eigenvalue weighted by Crippen LogP contribution is -2.05. The van der Waals surface area contributed by atoms with Gasteiger partial charge in [0.1, 0.15) is 0 Å². The van der Waals surface area contributed by atoms with E-state index >= 15 is 0 Å². The number of nitrogens with one attached hydrogen (secondary N) is 1. The first-order valence-corrected chi connectivity index (χ1v) is 6.59. The van der Waals surface area contributed by atoms with Crippen LogP contribution in [0.5, 0.6) is 0 Å². The number of anilines is 1. The number of aryl methyl sites for hydroxylation is 2. The number of rotatable bonds is 3. The number of fused-ring (bicyclic) bond motifs is 1. The molecule has 0 aliphatic heterocycles. The molecule has 1 heterocycles. The van der Waals surface area contributed by atoms with Crippen LogP contribution in [0.25, 0.3) is 10.9 Å². The Balaban J connectivity index is 1.93. The van der Waals surface area contributed by atoms with Crippen molar-refractivity contribution >= 4 is 16.6 Å². The number of para-hydroxylation sites is 2. The molecule has 0 amide bonds. The smallest absolute Gasteiger partial charge is 0.0556 e. The lowest BCUT2D eigenvalue weighted by Gasteiger charge is -2.09. The van der Waals surface area contributed by atoms with Crippen LogP contribution in [0.1, 0.15) is 11.3 Å². The number of nitrogens with zero attached hydrogens (tertiary/aromatic N) is 1. The Morgan fingerprint density at radius 1 is 0.947 bits per heavy atom. The highest BCUT2D eigenvalue weighted by molar-refractivity contribution is 5.85. The van der Waals surface area contributed by atoms with Gasteiger partial charge in [0, 0.05) is 29.3 Å². The van der Waals surface area contributed by atoms with Crippen molar-refractivity contribution in [2.24, 2.45) is 7.05 Å². The summed E-state index contributed by atoms with van der Waals surface area (Å²) in [7, 11) is 2.14. The fourth-order valence-electron chi connectivity index (χ4n) is 2.63. The molecule has 2 nitrogen and oxygen atoms in total. The number of benzene rings is 2. The van der Waals surface area contributed by atoms with E-state index in [0.717, 1.165) is 12.2 Å². The molecule has 1 aromatic heterocycles. The van der Waals surface area contributed by atoms with Crippen molar-refractivity contribution < 1.29 is 0 Å². The maximum Gasteiger partial charge on any atom is 0.0556 e. The molecule has 2 heteroatoms. The Morgan fingerprint density at radius 2 is 1.63 bits per heavy atom. The standard InChI is InChI=1S/C17H18N2/c1-13-15-10-6-7-11-16(15)19(2)17(13)12-18-14-8-4-3-5-9-14/h3-11,18H,12H2,1-2H3. The van der Waals surface area contributed by atoms with E-state index in [0.29, 0.717) is 0 Å². The predicted molar refractivity (Wildman–Crippen MR) is 81.4 cm³/mol. The summed E-state index contributed by atoms with van der Waals surface area (Å²) < 4.78 is 2.28. The highest BCUT2D eigenvalue weighted by Crippen LogP contribution is 2.24. The minimum atomic E-state index is 0.848. The summed E-state index contributed by atoms with van der Waals surface area (Å²) in [6.45, 7) is 3.05. The van der Waals surface area contributed by atoms with Crippen molar-refractivity contribution in [3.05, 3.63) is 65.9 Å². The maximum absolute atomic E-state index is 3.48. The molecular weight excluding hydrogens is 232 g/mol. The summed E-state index contributed by atoms with van der Waals surface area (Å²) in [5.74, 6) is 0. The normalized spacial score (nSPS) is 10.8. The molecule has 0 fully saturated rings. The molecule has 0 bridgehead atoms. The van der Waals surface area contributed by atoms with Gasteiger partial charge in [-0.05, 0) is 30.7 Å². The molecule has 0 aliphatic carbocycles. The molecule has 3 aromatic rings. The zero-order chi connectivity index (χ0) is 13.2. The number of hydrogen-bond acceptors (Lipinski definition) is 1. The summed E-state index contributed by atoms with van der Waals surface area (Å²) in [6, 6.07) is 18.9. The topological polar surface area (TPSA) is 17.0 Å². The van der Waals surface area contributed by atoms with Crippen molar-refractivity contribution in [2.45, 2.75) is 13.5 Å². The maximum atomic E-state index is 3.48. The third-order valence-corrected chi connectivity index (χ3v) is 3.74. The second-order valence-corrected chi connectivity index (χ2v) is 4.87. The molecular formula is C17H18N2. The second-order valence-electron chi connectivity index (χ2n) is 4.87. The molecule has 0 saturated heterocycles. The summed E-state index contributed by atoms with van der Waals surface area (Å²) in [5.41, 5.74) is 5.16. The molecule has 1 N–H and O–H groups in total. The first kappa shape index (κ1) is 11.8. The van der Waals surface area contributed by atoms with E-state index in [1.807, 2.05) is 6.07 Å². The SMILES string of the molecule is Cc1c(CNc2ccccc2)n(C)c2ccccc12. The summed E-state index contributed by atoms with van der Waals surface area (Å²) in [6.07, 6.45) is 0. The summed E-state index contributed by atoms with van der Waals surface area (Å²) in [5, 5.41) is 4.83. The third kappa shape index (κ3) is 2.10.